The van der Waals surface area contributed by atoms with E-state index in [1.807, 2.05) is 6.92 Å². The first-order valence-corrected chi connectivity index (χ1v) is 5.89. The number of hydrogen-bond acceptors (Lipinski definition) is 3. The van der Waals surface area contributed by atoms with Crippen LogP contribution in [-0.2, 0) is 13.1 Å². The summed E-state index contributed by atoms with van der Waals surface area (Å²) in [4.78, 5) is 0. The Morgan fingerprint density at radius 3 is 2.68 bits per heavy atom. The van der Waals surface area contributed by atoms with Crippen molar-refractivity contribution in [3.05, 3.63) is 47.3 Å². The van der Waals surface area contributed by atoms with Crippen LogP contribution in [0.15, 0.2) is 30.5 Å². The maximum absolute atomic E-state index is 12.2. The van der Waals surface area contributed by atoms with Gasteiger partial charge < -0.3 is 10.1 Å². The van der Waals surface area contributed by atoms with Crippen LogP contribution in [-0.4, -0.2) is 16.8 Å². The zero-order valence-electron chi connectivity index (χ0n) is 10.5. The van der Waals surface area contributed by atoms with Crippen molar-refractivity contribution in [2.45, 2.75) is 26.6 Å². The van der Waals surface area contributed by atoms with Gasteiger partial charge >= 0.3 is 6.61 Å². The molecule has 0 saturated carbocycles. The predicted octanol–water partition coefficient (Wildman–Crippen LogP) is 2.61. The number of H-pyrrole nitrogens is 1. The van der Waals surface area contributed by atoms with E-state index in [-0.39, 0.29) is 5.75 Å². The van der Waals surface area contributed by atoms with Gasteiger partial charge in [-0.3, -0.25) is 5.10 Å². The molecular weight excluding hydrogens is 252 g/mol. The highest BCUT2D eigenvalue weighted by Gasteiger charge is 2.08. The van der Waals surface area contributed by atoms with Crippen molar-refractivity contribution >= 4 is 0 Å². The van der Waals surface area contributed by atoms with Gasteiger partial charge in [0.25, 0.3) is 0 Å². The van der Waals surface area contributed by atoms with Crippen molar-refractivity contribution in [2.75, 3.05) is 0 Å². The number of ether oxygens (including phenoxy) is 1. The molecule has 0 aliphatic carbocycles. The Morgan fingerprint density at radius 1 is 1.26 bits per heavy atom. The topological polar surface area (TPSA) is 49.9 Å². The van der Waals surface area contributed by atoms with Crippen LogP contribution in [0.5, 0.6) is 5.75 Å². The van der Waals surface area contributed by atoms with Crippen molar-refractivity contribution in [3.8, 4) is 5.75 Å². The molecule has 0 saturated heterocycles. The zero-order chi connectivity index (χ0) is 13.7. The molecule has 0 fully saturated rings. The number of aromatic nitrogens is 2. The molecule has 0 aliphatic rings. The van der Waals surface area contributed by atoms with E-state index in [1.54, 1.807) is 24.4 Å². The summed E-state index contributed by atoms with van der Waals surface area (Å²) in [7, 11) is 0. The first-order valence-electron chi connectivity index (χ1n) is 5.89. The van der Waals surface area contributed by atoms with Gasteiger partial charge in [0, 0.05) is 29.9 Å². The van der Waals surface area contributed by atoms with Crippen LogP contribution in [0.3, 0.4) is 0 Å². The second kappa shape index (κ2) is 6.29. The number of hydrogen-bond donors (Lipinski definition) is 2. The normalized spacial score (nSPS) is 10.9. The van der Waals surface area contributed by atoms with Crippen LogP contribution < -0.4 is 10.1 Å². The van der Waals surface area contributed by atoms with E-state index in [1.165, 1.54) is 6.07 Å². The molecule has 19 heavy (non-hydrogen) atoms. The van der Waals surface area contributed by atoms with Gasteiger partial charge in [-0.1, -0.05) is 18.2 Å². The molecule has 0 atom stereocenters. The van der Waals surface area contributed by atoms with Crippen molar-refractivity contribution in [1.29, 1.82) is 0 Å². The van der Waals surface area contributed by atoms with Crippen molar-refractivity contribution in [2.24, 2.45) is 0 Å². The molecule has 4 nitrogen and oxygen atoms in total. The minimum Gasteiger partial charge on any atom is -0.434 e. The second-order valence-electron chi connectivity index (χ2n) is 4.11. The summed E-state index contributed by atoms with van der Waals surface area (Å²) in [6, 6.07) is 6.75. The highest BCUT2D eigenvalue weighted by atomic mass is 19.3. The molecule has 0 bridgehead atoms. The Labute approximate surface area is 109 Å². The fourth-order valence-corrected chi connectivity index (χ4v) is 1.75. The van der Waals surface area contributed by atoms with Crippen molar-refractivity contribution < 1.29 is 13.5 Å². The zero-order valence-corrected chi connectivity index (χ0v) is 10.5. The van der Waals surface area contributed by atoms with Crippen LogP contribution in [0.4, 0.5) is 8.78 Å². The lowest BCUT2D eigenvalue weighted by Gasteiger charge is -2.11. The van der Waals surface area contributed by atoms with E-state index in [9.17, 15) is 8.78 Å². The van der Waals surface area contributed by atoms with Crippen LogP contribution in [0.1, 0.15) is 16.8 Å². The molecule has 0 aliphatic heterocycles. The van der Waals surface area contributed by atoms with Crippen LogP contribution in [0.25, 0.3) is 0 Å². The Kier molecular flexibility index (Phi) is 4.46. The molecule has 1 aromatic heterocycles. The monoisotopic (exact) mass is 267 g/mol. The number of aromatic amines is 1. The lowest BCUT2D eigenvalue weighted by molar-refractivity contribution is -0.0505. The Morgan fingerprint density at radius 2 is 2.00 bits per heavy atom. The number of benzene rings is 1. The van der Waals surface area contributed by atoms with E-state index in [0.29, 0.717) is 18.7 Å². The number of nitrogens with zero attached hydrogens (tertiary/aromatic N) is 1. The van der Waals surface area contributed by atoms with Crippen molar-refractivity contribution in [3.63, 3.8) is 0 Å². The smallest absolute Gasteiger partial charge is 0.387 e. The molecule has 0 spiro atoms. The minimum absolute atomic E-state index is 0.203. The summed E-state index contributed by atoms with van der Waals surface area (Å²) in [5.41, 5.74) is 2.74. The summed E-state index contributed by atoms with van der Waals surface area (Å²) in [5.74, 6) is 0.203. The quantitative estimate of drug-likeness (QED) is 0.845. The molecule has 1 aromatic carbocycles. The van der Waals surface area contributed by atoms with Crippen LogP contribution in [0.2, 0.25) is 0 Å². The van der Waals surface area contributed by atoms with E-state index in [0.717, 1.165) is 11.3 Å². The number of halogens is 2. The van der Waals surface area contributed by atoms with Gasteiger partial charge in [0.2, 0.25) is 0 Å². The summed E-state index contributed by atoms with van der Waals surface area (Å²) in [5, 5.41) is 9.93. The Hall–Kier alpha value is -1.95. The van der Waals surface area contributed by atoms with Gasteiger partial charge in [-0.2, -0.15) is 13.9 Å². The lowest BCUT2D eigenvalue weighted by Crippen LogP contribution is -2.14. The second-order valence-corrected chi connectivity index (χ2v) is 4.11. The molecule has 2 aromatic rings. The molecule has 0 unspecified atom stereocenters. The third kappa shape index (κ3) is 3.75. The summed E-state index contributed by atoms with van der Waals surface area (Å²) in [6.45, 7) is 0.189. The molecule has 1 heterocycles. The SMILES string of the molecule is Cc1[nH]ncc1CNCc1ccccc1OC(F)F. The van der Waals surface area contributed by atoms with Crippen LogP contribution in [0, 0.1) is 6.92 Å². The fraction of sp³-hybridized carbons (Fsp3) is 0.308. The highest BCUT2D eigenvalue weighted by Crippen LogP contribution is 2.20. The predicted molar refractivity (Wildman–Crippen MR) is 66.9 cm³/mol. The first kappa shape index (κ1) is 13.5. The Balaban J connectivity index is 1.94. The Bertz CT molecular complexity index is 528. The van der Waals surface area contributed by atoms with Gasteiger partial charge in [-0.25, -0.2) is 0 Å². The minimum atomic E-state index is -2.81. The molecule has 102 valence electrons. The maximum atomic E-state index is 12.2. The van der Waals surface area contributed by atoms with Gasteiger partial charge in [-0.15, -0.1) is 0 Å². The molecule has 2 rings (SSSR count). The molecule has 6 heteroatoms. The van der Waals surface area contributed by atoms with E-state index in [4.69, 9.17) is 0 Å². The third-order valence-electron chi connectivity index (χ3n) is 2.75. The van der Waals surface area contributed by atoms with Crippen molar-refractivity contribution in [1.82, 2.24) is 15.5 Å². The number of aryl methyl sites for hydroxylation is 1. The van der Waals surface area contributed by atoms with E-state index in [2.05, 4.69) is 20.3 Å². The molecule has 0 amide bonds. The summed E-state index contributed by atoms with van der Waals surface area (Å²) < 4.78 is 29.0. The molecular formula is C13H15F2N3O. The van der Waals surface area contributed by atoms with Gasteiger partial charge in [0.1, 0.15) is 5.75 Å². The average molecular weight is 267 g/mol. The highest BCUT2D eigenvalue weighted by molar-refractivity contribution is 5.33. The number of alkyl halides is 2. The van der Waals surface area contributed by atoms with Gasteiger partial charge in [-0.05, 0) is 13.0 Å². The third-order valence-corrected chi connectivity index (χ3v) is 2.75. The maximum Gasteiger partial charge on any atom is 0.387 e. The molecule has 0 radical (unpaired) electrons. The molecule has 2 N–H and O–H groups in total. The van der Waals surface area contributed by atoms with Gasteiger partial charge in [0.15, 0.2) is 0 Å². The fourth-order valence-electron chi connectivity index (χ4n) is 1.75. The van der Waals surface area contributed by atoms with Crippen LogP contribution >= 0.6 is 0 Å². The standard InChI is InChI=1S/C13H15F2N3O/c1-9-11(8-17-18-9)7-16-6-10-4-2-3-5-12(10)19-13(14)15/h2-5,8,13,16H,6-7H2,1H3,(H,17,18). The largest absolute Gasteiger partial charge is 0.434 e. The number of rotatable bonds is 6. The average Bonchev–Trinajstić information content (AvgIpc) is 2.77. The summed E-state index contributed by atoms with van der Waals surface area (Å²) >= 11 is 0. The number of nitrogens with one attached hydrogen (secondary N) is 2. The summed E-state index contributed by atoms with van der Waals surface area (Å²) in [6.07, 6.45) is 1.74. The lowest BCUT2D eigenvalue weighted by atomic mass is 10.2. The van der Waals surface area contributed by atoms with E-state index >= 15 is 0 Å². The number of para-hydroxylation sites is 1. The van der Waals surface area contributed by atoms with Gasteiger partial charge in [0.05, 0.1) is 6.20 Å². The first-order chi connectivity index (χ1) is 9.16. The van der Waals surface area contributed by atoms with E-state index < -0.39 is 6.61 Å².